The molecule has 1 unspecified atom stereocenters. The van der Waals surface area contributed by atoms with E-state index in [0.717, 1.165) is 6.42 Å². The molecule has 0 aliphatic heterocycles. The molecule has 56 valence electrons. The Morgan fingerprint density at radius 2 is 2.22 bits per heavy atom. The van der Waals surface area contributed by atoms with Crippen LogP contribution in [-0.2, 0) is 4.52 Å². The van der Waals surface area contributed by atoms with Crippen LogP contribution >= 0.6 is 8.60 Å². The number of hydrogen-bond acceptors (Lipinski definition) is 4. The summed E-state index contributed by atoms with van der Waals surface area (Å²) in [6.07, 6.45) is 1.00. The van der Waals surface area contributed by atoms with Gasteiger partial charge in [-0.1, -0.05) is 13.3 Å². The average Bonchev–Trinajstić information content (AvgIpc) is 1.63. The molecular formula is C4H12NO3P. The van der Waals surface area contributed by atoms with Gasteiger partial charge >= 0.3 is 8.60 Å². The average molecular weight is 153 g/mol. The van der Waals surface area contributed by atoms with E-state index in [1.165, 1.54) is 0 Å². The molecule has 0 aromatic heterocycles. The molecule has 0 radical (unpaired) electrons. The SMILES string of the molecule is CCCC(N)OP(O)O. The standard InChI is InChI=1S/C4H12NO3P/c1-2-3-4(5)8-9(6)7/h4,6-7H,2-3,5H2,1H3. The first kappa shape index (κ1) is 9.27. The molecule has 0 spiro atoms. The zero-order chi connectivity index (χ0) is 7.28. The van der Waals surface area contributed by atoms with Crippen LogP contribution in [-0.4, -0.2) is 16.0 Å². The largest absolute Gasteiger partial charge is 0.328 e. The van der Waals surface area contributed by atoms with Gasteiger partial charge in [0.1, 0.15) is 6.23 Å². The van der Waals surface area contributed by atoms with Crippen molar-refractivity contribution in [2.45, 2.75) is 26.0 Å². The molecule has 0 aromatic carbocycles. The van der Waals surface area contributed by atoms with Crippen molar-refractivity contribution >= 4 is 8.60 Å². The van der Waals surface area contributed by atoms with Crippen LogP contribution in [0.15, 0.2) is 0 Å². The highest BCUT2D eigenvalue weighted by molar-refractivity contribution is 7.39. The smallest absolute Gasteiger partial charge is 0.328 e. The van der Waals surface area contributed by atoms with Crippen LogP contribution in [0.4, 0.5) is 0 Å². The van der Waals surface area contributed by atoms with Gasteiger partial charge in [-0.05, 0) is 6.42 Å². The predicted molar refractivity (Wildman–Crippen MR) is 35.3 cm³/mol. The van der Waals surface area contributed by atoms with Crippen molar-refractivity contribution < 1.29 is 14.3 Å². The molecule has 0 aliphatic carbocycles. The van der Waals surface area contributed by atoms with Gasteiger partial charge in [0.15, 0.2) is 0 Å². The van der Waals surface area contributed by atoms with Crippen LogP contribution < -0.4 is 5.73 Å². The van der Waals surface area contributed by atoms with Gasteiger partial charge in [0, 0.05) is 0 Å². The van der Waals surface area contributed by atoms with Gasteiger partial charge in [-0.2, -0.15) is 0 Å². The first-order valence-electron chi connectivity index (χ1n) is 2.77. The number of hydrogen-bond donors (Lipinski definition) is 3. The van der Waals surface area contributed by atoms with E-state index < -0.39 is 14.8 Å². The Hall–Kier alpha value is 0.270. The maximum absolute atomic E-state index is 8.27. The van der Waals surface area contributed by atoms with Crippen molar-refractivity contribution in [2.24, 2.45) is 5.73 Å². The lowest BCUT2D eigenvalue weighted by Gasteiger charge is -2.10. The quantitative estimate of drug-likeness (QED) is 0.401. The summed E-state index contributed by atoms with van der Waals surface area (Å²) < 4.78 is 4.44. The van der Waals surface area contributed by atoms with Crippen LogP contribution in [0.2, 0.25) is 0 Å². The lowest BCUT2D eigenvalue weighted by molar-refractivity contribution is 0.167. The molecule has 0 rings (SSSR count). The monoisotopic (exact) mass is 153 g/mol. The fourth-order valence-electron chi connectivity index (χ4n) is 0.458. The van der Waals surface area contributed by atoms with Gasteiger partial charge in [-0.3, -0.25) is 4.52 Å². The molecular weight excluding hydrogens is 141 g/mol. The third-order valence-corrected chi connectivity index (χ3v) is 1.26. The van der Waals surface area contributed by atoms with Gasteiger partial charge < -0.3 is 15.5 Å². The minimum absolute atomic E-state index is 0.531. The van der Waals surface area contributed by atoms with Crippen molar-refractivity contribution in [3.05, 3.63) is 0 Å². The molecule has 0 fully saturated rings. The first-order chi connectivity index (χ1) is 4.16. The summed E-state index contributed by atoms with van der Waals surface area (Å²) in [6, 6.07) is 0. The van der Waals surface area contributed by atoms with E-state index in [1.807, 2.05) is 6.92 Å². The van der Waals surface area contributed by atoms with E-state index in [1.54, 1.807) is 0 Å². The summed E-state index contributed by atoms with van der Waals surface area (Å²) in [5.74, 6) is 0. The zero-order valence-corrected chi connectivity index (χ0v) is 6.21. The predicted octanol–water partition coefficient (Wildman–Crippen LogP) is 0.299. The minimum Gasteiger partial charge on any atom is -0.328 e. The molecule has 4 nitrogen and oxygen atoms in total. The van der Waals surface area contributed by atoms with E-state index in [0.29, 0.717) is 6.42 Å². The summed E-state index contributed by atoms with van der Waals surface area (Å²) in [7, 11) is -2.28. The van der Waals surface area contributed by atoms with E-state index in [-0.39, 0.29) is 0 Å². The fourth-order valence-corrected chi connectivity index (χ4v) is 0.806. The van der Waals surface area contributed by atoms with E-state index in [2.05, 4.69) is 4.52 Å². The van der Waals surface area contributed by atoms with Crippen molar-refractivity contribution in [3.8, 4) is 0 Å². The molecule has 0 saturated carbocycles. The summed E-state index contributed by atoms with van der Waals surface area (Å²) in [6.45, 7) is 1.94. The van der Waals surface area contributed by atoms with Crippen LogP contribution in [0.25, 0.3) is 0 Å². The summed E-state index contributed by atoms with van der Waals surface area (Å²) in [4.78, 5) is 16.5. The third-order valence-electron chi connectivity index (χ3n) is 0.803. The lowest BCUT2D eigenvalue weighted by Crippen LogP contribution is -2.20. The van der Waals surface area contributed by atoms with Gasteiger partial charge in [0.2, 0.25) is 0 Å². The number of rotatable bonds is 4. The maximum atomic E-state index is 8.27. The Labute approximate surface area is 55.6 Å². The minimum atomic E-state index is -2.28. The van der Waals surface area contributed by atoms with Crippen molar-refractivity contribution in [3.63, 3.8) is 0 Å². The van der Waals surface area contributed by atoms with Gasteiger partial charge in [0.25, 0.3) is 0 Å². The highest BCUT2D eigenvalue weighted by atomic mass is 31.2. The molecule has 0 amide bonds. The Morgan fingerprint density at radius 1 is 1.67 bits per heavy atom. The number of nitrogens with two attached hydrogens (primary N) is 1. The lowest BCUT2D eigenvalue weighted by atomic mass is 10.3. The van der Waals surface area contributed by atoms with E-state index in [4.69, 9.17) is 15.5 Å². The maximum Gasteiger partial charge on any atom is 0.328 e. The summed E-state index contributed by atoms with van der Waals surface area (Å²) in [5.41, 5.74) is 5.26. The molecule has 0 bridgehead atoms. The molecule has 1 atom stereocenters. The highest BCUT2D eigenvalue weighted by Crippen LogP contribution is 2.26. The second-order valence-corrected chi connectivity index (χ2v) is 2.40. The van der Waals surface area contributed by atoms with Gasteiger partial charge in [-0.15, -0.1) is 0 Å². The Balaban J connectivity index is 3.15. The topological polar surface area (TPSA) is 75.7 Å². The normalized spacial score (nSPS) is 14.3. The Bertz CT molecular complexity index is 70.8. The van der Waals surface area contributed by atoms with Crippen molar-refractivity contribution in [1.82, 2.24) is 0 Å². The Kier molecular flexibility index (Phi) is 5.24. The molecule has 0 heterocycles. The fraction of sp³-hybridized carbons (Fsp3) is 1.00. The second-order valence-electron chi connectivity index (χ2n) is 1.69. The van der Waals surface area contributed by atoms with Gasteiger partial charge in [-0.25, -0.2) is 0 Å². The molecule has 0 aromatic rings. The Morgan fingerprint density at radius 3 is 2.56 bits per heavy atom. The third kappa shape index (κ3) is 6.15. The van der Waals surface area contributed by atoms with Gasteiger partial charge in [0.05, 0.1) is 0 Å². The highest BCUT2D eigenvalue weighted by Gasteiger charge is 2.06. The first-order valence-corrected chi connectivity index (χ1v) is 3.93. The van der Waals surface area contributed by atoms with E-state index in [9.17, 15) is 0 Å². The van der Waals surface area contributed by atoms with Crippen molar-refractivity contribution in [1.29, 1.82) is 0 Å². The molecule has 0 saturated heterocycles. The second kappa shape index (κ2) is 5.09. The van der Waals surface area contributed by atoms with Crippen LogP contribution in [0.5, 0.6) is 0 Å². The molecule has 4 N–H and O–H groups in total. The van der Waals surface area contributed by atoms with Crippen LogP contribution in [0.3, 0.4) is 0 Å². The van der Waals surface area contributed by atoms with Crippen molar-refractivity contribution in [2.75, 3.05) is 0 Å². The molecule has 0 aliphatic rings. The van der Waals surface area contributed by atoms with Crippen LogP contribution in [0.1, 0.15) is 19.8 Å². The molecule has 5 heteroatoms. The zero-order valence-electron chi connectivity index (χ0n) is 5.32. The van der Waals surface area contributed by atoms with E-state index >= 15 is 0 Å². The summed E-state index contributed by atoms with van der Waals surface area (Å²) in [5, 5.41) is 0. The molecule has 9 heavy (non-hydrogen) atoms. The van der Waals surface area contributed by atoms with Crippen LogP contribution in [0, 0.1) is 0 Å². The summed E-state index contributed by atoms with van der Waals surface area (Å²) >= 11 is 0.